The molecule has 20 heavy (non-hydrogen) atoms. The summed E-state index contributed by atoms with van der Waals surface area (Å²) < 4.78 is 0. The van der Waals surface area contributed by atoms with Gasteiger partial charge in [0, 0.05) is 5.92 Å². The molecule has 1 aromatic heterocycles. The minimum absolute atomic E-state index is 0.597. The van der Waals surface area contributed by atoms with Gasteiger partial charge in [-0.05, 0) is 68.0 Å². The summed E-state index contributed by atoms with van der Waals surface area (Å²) in [7, 11) is 0. The van der Waals surface area contributed by atoms with Gasteiger partial charge < -0.3 is 10.3 Å². The molecule has 104 valence electrons. The molecule has 4 rings (SSSR count). The molecular weight excluding hydrogens is 246 g/mol. The number of piperidine rings is 1. The normalized spacial score (nSPS) is 19.2. The van der Waals surface area contributed by atoms with E-state index in [1.807, 2.05) is 6.20 Å². The van der Waals surface area contributed by atoms with Crippen molar-refractivity contribution in [3.8, 4) is 11.3 Å². The zero-order chi connectivity index (χ0) is 13.4. The van der Waals surface area contributed by atoms with Crippen molar-refractivity contribution >= 4 is 0 Å². The molecule has 0 unspecified atom stereocenters. The van der Waals surface area contributed by atoms with Crippen LogP contribution in [-0.4, -0.2) is 23.1 Å². The van der Waals surface area contributed by atoms with Gasteiger partial charge in [0.2, 0.25) is 0 Å². The smallest absolute Gasteiger partial charge is 0.109 e. The molecule has 0 atom stereocenters. The third-order valence-electron chi connectivity index (χ3n) is 4.73. The maximum atomic E-state index is 4.63. The van der Waals surface area contributed by atoms with Crippen molar-refractivity contribution in [2.24, 2.45) is 0 Å². The lowest BCUT2D eigenvalue weighted by molar-refractivity contribution is 0.447. The lowest BCUT2D eigenvalue weighted by atomic mass is 9.97. The van der Waals surface area contributed by atoms with Crippen molar-refractivity contribution < 1.29 is 0 Å². The van der Waals surface area contributed by atoms with Gasteiger partial charge in [-0.15, -0.1) is 0 Å². The van der Waals surface area contributed by atoms with E-state index >= 15 is 0 Å². The zero-order valence-corrected chi connectivity index (χ0v) is 11.8. The van der Waals surface area contributed by atoms with Crippen LogP contribution in [0.1, 0.15) is 42.1 Å². The van der Waals surface area contributed by atoms with Gasteiger partial charge in [-0.3, -0.25) is 0 Å². The molecule has 0 amide bonds. The lowest BCUT2D eigenvalue weighted by Gasteiger charge is -2.20. The molecule has 1 aliphatic carbocycles. The van der Waals surface area contributed by atoms with Crippen LogP contribution in [0.5, 0.6) is 0 Å². The first kappa shape index (κ1) is 12.2. The molecule has 0 saturated carbocycles. The van der Waals surface area contributed by atoms with Gasteiger partial charge >= 0.3 is 0 Å². The van der Waals surface area contributed by atoms with Crippen LogP contribution in [0.2, 0.25) is 0 Å². The number of nitrogens with zero attached hydrogens (tertiary/aromatic N) is 1. The molecule has 1 aliphatic heterocycles. The van der Waals surface area contributed by atoms with Crippen molar-refractivity contribution in [2.45, 2.75) is 38.0 Å². The van der Waals surface area contributed by atoms with Crippen LogP contribution >= 0.6 is 0 Å². The number of H-pyrrole nitrogens is 1. The second-order valence-electron chi connectivity index (χ2n) is 6.04. The van der Waals surface area contributed by atoms with Crippen molar-refractivity contribution in [3.05, 3.63) is 41.3 Å². The third kappa shape index (κ3) is 2.16. The molecule has 2 N–H and O–H groups in total. The van der Waals surface area contributed by atoms with Crippen LogP contribution in [-0.2, 0) is 12.8 Å². The Morgan fingerprint density at radius 2 is 1.90 bits per heavy atom. The molecule has 3 nitrogen and oxygen atoms in total. The first-order valence-corrected chi connectivity index (χ1v) is 7.78. The maximum absolute atomic E-state index is 4.63. The van der Waals surface area contributed by atoms with Gasteiger partial charge in [-0.2, -0.15) is 0 Å². The van der Waals surface area contributed by atoms with Gasteiger partial charge in [0.05, 0.1) is 11.9 Å². The molecule has 1 saturated heterocycles. The number of benzene rings is 1. The SMILES string of the molecule is c1cc2c(cc1-c1cnc(C3CCNCC3)[nH]1)CCC2. The topological polar surface area (TPSA) is 40.7 Å². The number of hydrogen-bond acceptors (Lipinski definition) is 2. The largest absolute Gasteiger partial charge is 0.342 e. The van der Waals surface area contributed by atoms with E-state index in [1.54, 1.807) is 0 Å². The Labute approximate surface area is 119 Å². The third-order valence-corrected chi connectivity index (χ3v) is 4.73. The van der Waals surface area contributed by atoms with Gasteiger partial charge in [0.1, 0.15) is 5.82 Å². The number of imidazole rings is 1. The first-order valence-electron chi connectivity index (χ1n) is 7.78. The Kier molecular flexibility index (Phi) is 3.07. The van der Waals surface area contributed by atoms with E-state index in [1.165, 1.54) is 60.3 Å². The van der Waals surface area contributed by atoms with Crippen molar-refractivity contribution in [2.75, 3.05) is 13.1 Å². The Bertz CT molecular complexity index is 608. The molecule has 0 radical (unpaired) electrons. The molecule has 2 aromatic rings. The number of fused-ring (bicyclic) bond motifs is 1. The van der Waals surface area contributed by atoms with Crippen molar-refractivity contribution in [1.82, 2.24) is 15.3 Å². The summed E-state index contributed by atoms with van der Waals surface area (Å²) in [4.78, 5) is 8.18. The summed E-state index contributed by atoms with van der Waals surface area (Å²) in [6.07, 6.45) is 8.18. The second kappa shape index (κ2) is 5.06. The molecule has 1 aromatic carbocycles. The molecule has 0 spiro atoms. The highest BCUT2D eigenvalue weighted by Crippen LogP contribution is 2.29. The van der Waals surface area contributed by atoms with Crippen molar-refractivity contribution in [3.63, 3.8) is 0 Å². The van der Waals surface area contributed by atoms with E-state index in [9.17, 15) is 0 Å². The van der Waals surface area contributed by atoms with Crippen LogP contribution in [0.25, 0.3) is 11.3 Å². The van der Waals surface area contributed by atoms with E-state index in [4.69, 9.17) is 0 Å². The van der Waals surface area contributed by atoms with E-state index in [0.717, 1.165) is 13.1 Å². The molecule has 0 bridgehead atoms. The number of nitrogens with one attached hydrogen (secondary N) is 2. The molecular formula is C17H21N3. The van der Waals surface area contributed by atoms with Crippen LogP contribution in [0, 0.1) is 0 Å². The fourth-order valence-corrected chi connectivity index (χ4v) is 3.53. The Morgan fingerprint density at radius 3 is 2.80 bits per heavy atom. The highest BCUT2D eigenvalue weighted by atomic mass is 14.9. The number of aryl methyl sites for hydroxylation is 2. The van der Waals surface area contributed by atoms with Crippen LogP contribution in [0.4, 0.5) is 0 Å². The fraction of sp³-hybridized carbons (Fsp3) is 0.471. The van der Waals surface area contributed by atoms with Gasteiger partial charge in [0.25, 0.3) is 0 Å². The zero-order valence-electron chi connectivity index (χ0n) is 11.8. The Hall–Kier alpha value is -1.61. The summed E-state index contributed by atoms with van der Waals surface area (Å²) in [6, 6.07) is 6.88. The number of aromatic nitrogens is 2. The highest BCUT2D eigenvalue weighted by Gasteiger charge is 2.19. The van der Waals surface area contributed by atoms with Gasteiger partial charge in [-0.1, -0.05) is 12.1 Å². The van der Waals surface area contributed by atoms with Crippen LogP contribution in [0.3, 0.4) is 0 Å². The van der Waals surface area contributed by atoms with Gasteiger partial charge in [-0.25, -0.2) is 4.98 Å². The van der Waals surface area contributed by atoms with E-state index in [-0.39, 0.29) is 0 Å². The van der Waals surface area contributed by atoms with E-state index in [0.29, 0.717) is 5.92 Å². The number of rotatable bonds is 2. The van der Waals surface area contributed by atoms with Gasteiger partial charge in [0.15, 0.2) is 0 Å². The molecule has 3 heteroatoms. The maximum Gasteiger partial charge on any atom is 0.109 e. The molecule has 1 fully saturated rings. The average molecular weight is 267 g/mol. The highest BCUT2D eigenvalue weighted by molar-refractivity contribution is 5.61. The number of hydrogen-bond donors (Lipinski definition) is 2. The average Bonchev–Trinajstić information content (AvgIpc) is 3.16. The summed E-state index contributed by atoms with van der Waals surface area (Å²) in [5, 5.41) is 3.41. The molecule has 2 aliphatic rings. The summed E-state index contributed by atoms with van der Waals surface area (Å²) in [5.41, 5.74) is 5.53. The minimum Gasteiger partial charge on any atom is -0.342 e. The quantitative estimate of drug-likeness (QED) is 0.878. The summed E-state index contributed by atoms with van der Waals surface area (Å²) in [5.74, 6) is 1.77. The lowest BCUT2D eigenvalue weighted by Crippen LogP contribution is -2.27. The number of aromatic amines is 1. The Morgan fingerprint density at radius 1 is 1.05 bits per heavy atom. The first-order chi connectivity index (χ1) is 9.90. The predicted molar refractivity (Wildman–Crippen MR) is 80.9 cm³/mol. The van der Waals surface area contributed by atoms with E-state index in [2.05, 4.69) is 33.5 Å². The summed E-state index contributed by atoms with van der Waals surface area (Å²) >= 11 is 0. The Balaban J connectivity index is 1.61. The standard InChI is InChI=1S/C17H21N3/c1-2-12-4-5-15(10-14(12)3-1)16-11-19-17(20-16)13-6-8-18-9-7-13/h4-5,10-11,13,18H,1-3,6-9H2,(H,19,20). The van der Waals surface area contributed by atoms with E-state index < -0.39 is 0 Å². The monoisotopic (exact) mass is 267 g/mol. The second-order valence-corrected chi connectivity index (χ2v) is 6.04. The van der Waals surface area contributed by atoms with Crippen molar-refractivity contribution in [1.29, 1.82) is 0 Å². The van der Waals surface area contributed by atoms with Crippen LogP contribution < -0.4 is 5.32 Å². The van der Waals surface area contributed by atoms with Crippen LogP contribution in [0.15, 0.2) is 24.4 Å². The molecule has 2 heterocycles. The minimum atomic E-state index is 0.597. The predicted octanol–water partition coefficient (Wildman–Crippen LogP) is 3.03. The summed E-state index contributed by atoms with van der Waals surface area (Å²) in [6.45, 7) is 2.22. The fourth-order valence-electron chi connectivity index (χ4n) is 3.53.